The molecule has 6 aliphatic carbocycles. The topological polar surface area (TPSA) is 163 Å². The highest BCUT2D eigenvalue weighted by molar-refractivity contribution is 5.89. The van der Waals surface area contributed by atoms with E-state index in [9.17, 15) is 24.9 Å². The van der Waals surface area contributed by atoms with Crippen molar-refractivity contribution in [3.8, 4) is 11.8 Å². The molecule has 5 saturated carbocycles. The number of piperidine rings is 2. The molecule has 1 spiro atoms. The third-order valence-electron chi connectivity index (χ3n) is 18.9. The average Bonchev–Trinajstić information content (AvgIpc) is 3.75. The second kappa shape index (κ2) is 20.7. The number of quaternary nitrogens is 2. The number of hydrogen-bond acceptors (Lipinski definition) is 7. The van der Waals surface area contributed by atoms with Crippen LogP contribution >= 0.6 is 0 Å². The van der Waals surface area contributed by atoms with E-state index < -0.39 is 23.7 Å². The predicted molar refractivity (Wildman–Crippen MR) is 237 cm³/mol. The highest BCUT2D eigenvalue weighted by atomic mass is 16.5. The molecule has 0 bridgehead atoms. The third-order valence-corrected chi connectivity index (χ3v) is 18.9. The molecule has 9 nitrogen and oxygen atoms in total. The predicted octanol–water partition coefficient (Wildman–Crippen LogP) is 5.33. The number of methoxy groups -OCH3 is 1. The third kappa shape index (κ3) is 10.7. The number of aliphatic hydroxyl groups is 3. The van der Waals surface area contributed by atoms with Crippen LogP contribution in [0.4, 0.5) is 0 Å². The van der Waals surface area contributed by atoms with Gasteiger partial charge in [0.15, 0.2) is 5.78 Å². The van der Waals surface area contributed by atoms with Crippen LogP contribution in [0, 0.1) is 75.9 Å². The van der Waals surface area contributed by atoms with Gasteiger partial charge >= 0.3 is 0 Å². The van der Waals surface area contributed by atoms with Gasteiger partial charge in [0.25, 0.3) is 0 Å². The Hall–Kier alpha value is -1.64. The summed E-state index contributed by atoms with van der Waals surface area (Å²) in [6, 6.07) is 0.477. The lowest BCUT2D eigenvalue weighted by Gasteiger charge is -2.48. The molecule has 2 saturated heterocycles. The van der Waals surface area contributed by atoms with Crippen molar-refractivity contribution in [2.45, 2.75) is 204 Å². The van der Waals surface area contributed by atoms with E-state index in [1.807, 2.05) is 0 Å². The molecule has 342 valence electrons. The van der Waals surface area contributed by atoms with Crippen molar-refractivity contribution in [3.63, 3.8) is 0 Å². The van der Waals surface area contributed by atoms with E-state index in [1.54, 1.807) is 7.11 Å². The minimum absolute atomic E-state index is 0.0723. The van der Waals surface area contributed by atoms with Gasteiger partial charge in [-0.2, -0.15) is 0 Å². The number of Topliss-reactive ketones (excluding diaryl/α,β-unsaturated/α-hetero) is 2. The van der Waals surface area contributed by atoms with Crippen molar-refractivity contribution in [3.05, 3.63) is 12.2 Å². The summed E-state index contributed by atoms with van der Waals surface area (Å²) in [4.78, 5) is 26.8. The second-order valence-electron chi connectivity index (χ2n) is 22.5. The number of ether oxygens (including phenoxy) is 1. The maximum Gasteiger partial charge on any atom is 0.153 e. The summed E-state index contributed by atoms with van der Waals surface area (Å²) in [5.41, 5.74) is 5.72. The standard InChI is InChI=1S/C52H83N3O6/c1-61-47-28-39-13-16-48(59)52(22-17-35(25-49(52)60)32-51(20-5-6-21-51)41-26-40-12-15-43(57)30-45(40)55-33-41)23-18-36(44(39)31-46(47)58)11-14-42(56)27-37(38-19-24-54-50(53)29-38)10-9-34-7-3-2-4-8-34/h9-10,34-42,44-47,49-50,54-56,58,60H,2-8,11-17,19-22,24-33,53H2,1H3/p+2. The Balaban J connectivity index is 0.970. The van der Waals surface area contributed by atoms with Gasteiger partial charge in [-0.05, 0) is 144 Å². The summed E-state index contributed by atoms with van der Waals surface area (Å²) < 4.78 is 5.78. The summed E-state index contributed by atoms with van der Waals surface area (Å²) >= 11 is 0. The molecule has 15 unspecified atom stereocenters. The number of carbonyl (C=O) groups excluding carboxylic acids is 2. The van der Waals surface area contributed by atoms with E-state index in [-0.39, 0.29) is 35.8 Å². The fourth-order valence-electron chi connectivity index (χ4n) is 15.2. The quantitative estimate of drug-likeness (QED) is 0.114. The molecule has 7 fully saturated rings. The monoisotopic (exact) mass is 848 g/mol. The van der Waals surface area contributed by atoms with Crippen LogP contribution in [0.1, 0.15) is 167 Å². The highest BCUT2D eigenvalue weighted by Gasteiger charge is 2.53. The molecule has 0 amide bonds. The van der Waals surface area contributed by atoms with Gasteiger partial charge in [-0.3, -0.25) is 15.3 Å². The van der Waals surface area contributed by atoms with Crippen LogP contribution in [-0.4, -0.2) is 83.7 Å². The molecule has 15 atom stereocenters. The van der Waals surface area contributed by atoms with Crippen LogP contribution < -0.4 is 16.4 Å². The van der Waals surface area contributed by atoms with Crippen LogP contribution in [0.5, 0.6) is 0 Å². The van der Waals surface area contributed by atoms with Gasteiger partial charge in [-0.15, -0.1) is 0 Å². The number of nitrogens with two attached hydrogens (primary N) is 3. The molecular weight excluding hydrogens is 763 g/mol. The SMILES string of the molecule is COC1CC2CCC(=O)C3(C#CC(CCC(O)CC(C=CC4CCCCC4)C4CC[NH2+]C(N)C4)C2CC1O)CCC(CC1(C2C[NH2+]C4CC(=O)CCC4C2)CCCC1)CC3O. The van der Waals surface area contributed by atoms with E-state index in [0.717, 1.165) is 77.3 Å². The normalized spacial score (nSPS) is 42.1. The molecule has 8 rings (SSSR count). The van der Waals surface area contributed by atoms with Crippen molar-refractivity contribution >= 4 is 11.6 Å². The van der Waals surface area contributed by atoms with Crippen LogP contribution in [0.15, 0.2) is 12.2 Å². The van der Waals surface area contributed by atoms with Crippen LogP contribution in [0.25, 0.3) is 0 Å². The number of fused-ring (bicyclic) bond motifs is 2. The molecule has 9 heteroatoms. The van der Waals surface area contributed by atoms with Crippen molar-refractivity contribution in [1.82, 2.24) is 0 Å². The van der Waals surface area contributed by atoms with E-state index >= 15 is 0 Å². The van der Waals surface area contributed by atoms with Gasteiger partial charge in [-0.1, -0.05) is 56.1 Å². The zero-order valence-electron chi connectivity index (χ0n) is 37.9. The Morgan fingerprint density at radius 1 is 0.902 bits per heavy atom. The molecule has 8 aliphatic rings. The Morgan fingerprint density at radius 2 is 1.70 bits per heavy atom. The van der Waals surface area contributed by atoms with Crippen molar-refractivity contribution in [2.75, 3.05) is 20.2 Å². The number of allylic oxidation sites excluding steroid dienone is 2. The molecule has 0 aromatic rings. The minimum Gasteiger partial charge on any atom is -0.393 e. The van der Waals surface area contributed by atoms with Gasteiger partial charge in [0.1, 0.15) is 17.4 Å². The van der Waals surface area contributed by atoms with Gasteiger partial charge in [0.2, 0.25) is 0 Å². The first-order valence-corrected chi connectivity index (χ1v) is 25.8. The molecule has 2 aliphatic heterocycles. The van der Waals surface area contributed by atoms with Crippen molar-refractivity contribution < 1.29 is 40.3 Å². The second-order valence-corrected chi connectivity index (χ2v) is 22.5. The Morgan fingerprint density at radius 3 is 2.48 bits per heavy atom. The van der Waals surface area contributed by atoms with E-state index in [1.165, 1.54) is 64.2 Å². The molecule has 9 N–H and O–H groups in total. The van der Waals surface area contributed by atoms with E-state index in [4.69, 9.17) is 10.5 Å². The highest BCUT2D eigenvalue weighted by Crippen LogP contribution is 2.55. The largest absolute Gasteiger partial charge is 0.393 e. The first kappa shape index (κ1) is 45.9. The van der Waals surface area contributed by atoms with Crippen LogP contribution in [0.2, 0.25) is 0 Å². The molecule has 61 heavy (non-hydrogen) atoms. The van der Waals surface area contributed by atoms with Gasteiger partial charge < -0.3 is 30.7 Å². The Labute approximate surface area is 368 Å². The van der Waals surface area contributed by atoms with Gasteiger partial charge in [-0.25, -0.2) is 0 Å². The van der Waals surface area contributed by atoms with Crippen molar-refractivity contribution in [1.29, 1.82) is 0 Å². The number of rotatable bonds is 12. The fraction of sp³-hybridized carbons (Fsp3) is 0.885. The summed E-state index contributed by atoms with van der Waals surface area (Å²) in [5, 5.41) is 40.2. The summed E-state index contributed by atoms with van der Waals surface area (Å²) in [5.74, 6) is 11.2. The Kier molecular flexibility index (Phi) is 15.6. The zero-order chi connectivity index (χ0) is 42.6. The fourth-order valence-corrected chi connectivity index (χ4v) is 15.2. The number of aliphatic hydroxyl groups excluding tert-OH is 3. The molecule has 0 radical (unpaired) electrons. The number of ketones is 2. The average molecular weight is 848 g/mol. The molecule has 0 aromatic carbocycles. The first-order valence-electron chi connectivity index (χ1n) is 25.8. The maximum absolute atomic E-state index is 14.5. The van der Waals surface area contributed by atoms with Crippen molar-refractivity contribution in [2.24, 2.45) is 69.8 Å². The van der Waals surface area contributed by atoms with E-state index in [2.05, 4.69) is 34.6 Å². The lowest BCUT2D eigenvalue weighted by molar-refractivity contribution is -0.713. The summed E-state index contributed by atoms with van der Waals surface area (Å²) in [7, 11) is 1.68. The Bertz CT molecular complexity index is 1560. The lowest BCUT2D eigenvalue weighted by atomic mass is 9.58. The molecule has 2 heterocycles. The smallest absolute Gasteiger partial charge is 0.153 e. The summed E-state index contributed by atoms with van der Waals surface area (Å²) in [6.45, 7) is 2.17. The van der Waals surface area contributed by atoms with Crippen LogP contribution in [-0.2, 0) is 14.3 Å². The van der Waals surface area contributed by atoms with Crippen LogP contribution in [0.3, 0.4) is 0 Å². The zero-order valence-corrected chi connectivity index (χ0v) is 37.9. The number of hydrogen-bond donors (Lipinski definition) is 6. The van der Waals surface area contributed by atoms with Gasteiger partial charge in [0, 0.05) is 50.5 Å². The first-order chi connectivity index (χ1) is 29.5. The maximum atomic E-state index is 14.5. The number of carbonyl (C=O) groups is 2. The van der Waals surface area contributed by atoms with E-state index in [0.29, 0.717) is 91.3 Å². The minimum atomic E-state index is -1.05. The van der Waals surface area contributed by atoms with Gasteiger partial charge in [0.05, 0.1) is 50.0 Å². The lowest BCUT2D eigenvalue weighted by Crippen LogP contribution is -2.95. The molecule has 0 aromatic heterocycles. The summed E-state index contributed by atoms with van der Waals surface area (Å²) in [6.07, 6.45) is 28.3. The molecular formula is C52H85N3O6+2.